The molecule has 9 heteroatoms. The fraction of sp³-hybridized carbons (Fsp3) is 0.278. The first-order valence-electron chi connectivity index (χ1n) is 8.27. The van der Waals surface area contributed by atoms with Crippen LogP contribution in [0, 0.1) is 0 Å². The van der Waals surface area contributed by atoms with E-state index in [1.54, 1.807) is 0 Å². The summed E-state index contributed by atoms with van der Waals surface area (Å²) in [6.45, 7) is 0.857. The molecule has 5 nitrogen and oxygen atoms in total. The molecule has 1 N–H and O–H groups in total. The monoisotopic (exact) mass is 398 g/mol. The van der Waals surface area contributed by atoms with Gasteiger partial charge in [-0.2, -0.15) is 17.5 Å². The molecule has 144 valence electrons. The number of rotatable bonds is 4. The molecule has 0 spiro atoms. The Kier molecular flexibility index (Phi) is 5.25. The third-order valence-electron chi connectivity index (χ3n) is 4.27. The summed E-state index contributed by atoms with van der Waals surface area (Å²) in [5, 5.41) is 2.35. The summed E-state index contributed by atoms with van der Waals surface area (Å²) in [6, 6.07) is 9.94. The lowest BCUT2D eigenvalue weighted by atomic mass is 10.1. The summed E-state index contributed by atoms with van der Waals surface area (Å²) in [6.07, 6.45) is -3.11. The molecule has 0 aromatic heterocycles. The molecule has 0 radical (unpaired) electrons. The molecule has 1 heterocycles. The molecule has 1 saturated heterocycles. The number of carbonyl (C=O) groups excluding carboxylic acids is 1. The summed E-state index contributed by atoms with van der Waals surface area (Å²) in [4.78, 5) is 12.3. The number of halogens is 3. The second-order valence-electron chi connectivity index (χ2n) is 6.14. The number of sulfonamides is 1. The van der Waals surface area contributed by atoms with Crippen molar-refractivity contribution in [1.29, 1.82) is 0 Å². The van der Waals surface area contributed by atoms with Crippen LogP contribution in [0.3, 0.4) is 0 Å². The lowest BCUT2D eigenvalue weighted by Gasteiger charge is -2.16. The maximum Gasteiger partial charge on any atom is 0.417 e. The molecule has 0 bridgehead atoms. The second kappa shape index (κ2) is 7.32. The Balaban J connectivity index is 1.86. The van der Waals surface area contributed by atoms with Gasteiger partial charge in [0.1, 0.15) is 0 Å². The number of anilines is 1. The molecular weight excluding hydrogens is 381 g/mol. The van der Waals surface area contributed by atoms with Crippen molar-refractivity contribution in [3.63, 3.8) is 0 Å². The van der Waals surface area contributed by atoms with Gasteiger partial charge in [0, 0.05) is 18.8 Å². The zero-order valence-corrected chi connectivity index (χ0v) is 15.0. The van der Waals surface area contributed by atoms with Crippen LogP contribution < -0.4 is 5.32 Å². The van der Waals surface area contributed by atoms with Crippen LogP contribution in [0.15, 0.2) is 53.4 Å². The summed E-state index contributed by atoms with van der Waals surface area (Å²) < 4.78 is 65.8. The van der Waals surface area contributed by atoms with Crippen LogP contribution in [0.25, 0.3) is 0 Å². The number of nitrogens with one attached hydrogen (secondary N) is 1. The zero-order chi connectivity index (χ0) is 19.7. The van der Waals surface area contributed by atoms with Crippen molar-refractivity contribution in [3.8, 4) is 0 Å². The van der Waals surface area contributed by atoms with Gasteiger partial charge in [-0.3, -0.25) is 4.79 Å². The second-order valence-corrected chi connectivity index (χ2v) is 8.07. The highest BCUT2D eigenvalue weighted by atomic mass is 32.2. The third-order valence-corrected chi connectivity index (χ3v) is 6.17. The molecule has 2 aromatic carbocycles. The van der Waals surface area contributed by atoms with Crippen LogP contribution in [-0.2, 0) is 16.2 Å². The molecule has 27 heavy (non-hydrogen) atoms. The average Bonchev–Trinajstić information content (AvgIpc) is 3.17. The molecule has 1 fully saturated rings. The molecule has 1 amide bonds. The molecule has 1 aliphatic rings. The van der Waals surface area contributed by atoms with Crippen LogP contribution in [0.4, 0.5) is 18.9 Å². The number of alkyl halides is 3. The molecule has 0 saturated carbocycles. The average molecular weight is 398 g/mol. The summed E-state index contributed by atoms with van der Waals surface area (Å²) in [5.74, 6) is -0.960. The molecule has 2 aromatic rings. The molecular formula is C18H17F3N2O3S. The van der Waals surface area contributed by atoms with E-state index in [9.17, 15) is 26.4 Å². The van der Waals surface area contributed by atoms with Crippen molar-refractivity contribution < 1.29 is 26.4 Å². The summed E-state index contributed by atoms with van der Waals surface area (Å²) in [5.41, 5.74) is -1.47. The van der Waals surface area contributed by atoms with Gasteiger partial charge in [0.15, 0.2) is 0 Å². The maximum atomic E-state index is 13.1. The third kappa shape index (κ3) is 4.14. The van der Waals surface area contributed by atoms with Crippen LogP contribution in [0.1, 0.15) is 28.8 Å². The van der Waals surface area contributed by atoms with Crippen LogP contribution >= 0.6 is 0 Å². The SMILES string of the molecule is O=C(Nc1cccc(S(=O)(=O)N2CCCC2)c1)c1ccccc1C(F)(F)F. The highest BCUT2D eigenvalue weighted by Gasteiger charge is 2.35. The minimum atomic E-state index is -4.67. The molecule has 0 unspecified atom stereocenters. The van der Waals surface area contributed by atoms with Gasteiger partial charge in [0.05, 0.1) is 16.0 Å². The number of carbonyl (C=O) groups is 1. The van der Waals surface area contributed by atoms with Crippen molar-refractivity contribution in [1.82, 2.24) is 4.31 Å². The first-order valence-corrected chi connectivity index (χ1v) is 9.71. The van der Waals surface area contributed by atoms with Gasteiger partial charge in [-0.1, -0.05) is 18.2 Å². The van der Waals surface area contributed by atoms with Gasteiger partial charge in [-0.25, -0.2) is 8.42 Å². The van der Waals surface area contributed by atoms with Crippen LogP contribution in [-0.4, -0.2) is 31.7 Å². The van der Waals surface area contributed by atoms with E-state index in [2.05, 4.69) is 5.32 Å². The number of nitrogens with zero attached hydrogens (tertiary/aromatic N) is 1. The quantitative estimate of drug-likeness (QED) is 0.853. The number of benzene rings is 2. The van der Waals surface area contributed by atoms with Crippen molar-refractivity contribution in [2.45, 2.75) is 23.9 Å². The van der Waals surface area contributed by atoms with Gasteiger partial charge < -0.3 is 5.32 Å². The zero-order valence-electron chi connectivity index (χ0n) is 14.2. The van der Waals surface area contributed by atoms with Gasteiger partial charge in [-0.05, 0) is 43.2 Å². The lowest BCUT2D eigenvalue weighted by Crippen LogP contribution is -2.28. The van der Waals surface area contributed by atoms with Crippen molar-refractivity contribution >= 4 is 21.6 Å². The topological polar surface area (TPSA) is 66.5 Å². The normalized spacial score (nSPS) is 15.7. The van der Waals surface area contributed by atoms with Crippen molar-refractivity contribution in [2.75, 3.05) is 18.4 Å². The van der Waals surface area contributed by atoms with Gasteiger partial charge in [0.25, 0.3) is 5.91 Å². The predicted molar refractivity (Wildman–Crippen MR) is 93.8 cm³/mol. The van der Waals surface area contributed by atoms with E-state index in [0.29, 0.717) is 13.1 Å². The van der Waals surface area contributed by atoms with Crippen LogP contribution in [0.5, 0.6) is 0 Å². The van der Waals surface area contributed by atoms with E-state index >= 15 is 0 Å². The summed E-state index contributed by atoms with van der Waals surface area (Å²) in [7, 11) is -3.69. The summed E-state index contributed by atoms with van der Waals surface area (Å²) >= 11 is 0. The number of hydrogen-bond donors (Lipinski definition) is 1. The van der Waals surface area contributed by atoms with Crippen molar-refractivity contribution in [2.24, 2.45) is 0 Å². The first kappa shape index (κ1) is 19.4. The standard InChI is InChI=1S/C18H17F3N2O3S/c19-18(20,21)16-9-2-1-8-15(16)17(24)22-13-6-5-7-14(12-13)27(25,26)23-10-3-4-11-23/h1-2,5-9,12H,3-4,10-11H2,(H,22,24). The van der Waals surface area contributed by atoms with E-state index in [4.69, 9.17) is 0 Å². The Morgan fingerprint density at radius 1 is 1.00 bits per heavy atom. The van der Waals surface area contributed by atoms with E-state index in [-0.39, 0.29) is 10.6 Å². The largest absolute Gasteiger partial charge is 0.417 e. The smallest absolute Gasteiger partial charge is 0.322 e. The highest BCUT2D eigenvalue weighted by Crippen LogP contribution is 2.32. The Morgan fingerprint density at radius 3 is 2.33 bits per heavy atom. The van der Waals surface area contributed by atoms with Crippen LogP contribution in [0.2, 0.25) is 0 Å². The molecule has 0 atom stereocenters. The first-order chi connectivity index (χ1) is 12.7. The van der Waals surface area contributed by atoms with Gasteiger partial charge in [0.2, 0.25) is 10.0 Å². The minimum Gasteiger partial charge on any atom is -0.322 e. The van der Waals surface area contributed by atoms with Gasteiger partial charge >= 0.3 is 6.18 Å². The number of amides is 1. The Bertz CT molecular complexity index is 952. The Labute approximate surface area is 154 Å². The predicted octanol–water partition coefficient (Wildman–Crippen LogP) is 3.74. The fourth-order valence-corrected chi connectivity index (χ4v) is 4.50. The van der Waals surface area contributed by atoms with Crippen molar-refractivity contribution in [3.05, 3.63) is 59.7 Å². The Hall–Kier alpha value is -2.39. The fourth-order valence-electron chi connectivity index (χ4n) is 2.94. The highest BCUT2D eigenvalue weighted by molar-refractivity contribution is 7.89. The van der Waals surface area contributed by atoms with E-state index < -0.39 is 33.2 Å². The lowest BCUT2D eigenvalue weighted by molar-refractivity contribution is -0.137. The molecule has 3 rings (SSSR count). The molecule has 1 aliphatic heterocycles. The van der Waals surface area contributed by atoms with E-state index in [1.165, 1.54) is 40.7 Å². The molecule has 0 aliphatic carbocycles. The maximum absolute atomic E-state index is 13.1. The minimum absolute atomic E-state index is 0.00805. The number of hydrogen-bond acceptors (Lipinski definition) is 3. The van der Waals surface area contributed by atoms with Gasteiger partial charge in [-0.15, -0.1) is 0 Å². The van der Waals surface area contributed by atoms with E-state index in [0.717, 1.165) is 25.0 Å². The van der Waals surface area contributed by atoms with E-state index in [1.807, 2.05) is 0 Å². The Morgan fingerprint density at radius 2 is 1.67 bits per heavy atom.